The molecule has 7 heteroatoms. The van der Waals surface area contributed by atoms with Crippen LogP contribution in [-0.4, -0.2) is 65.4 Å². The van der Waals surface area contributed by atoms with Gasteiger partial charge in [-0.25, -0.2) is 0 Å². The monoisotopic (exact) mass is 396 g/mol. The topological polar surface area (TPSA) is 90.3 Å². The molecule has 1 aromatic rings. The van der Waals surface area contributed by atoms with E-state index in [0.717, 1.165) is 5.57 Å². The second-order valence-electron chi connectivity index (χ2n) is 9.12. The number of amides is 1. The summed E-state index contributed by atoms with van der Waals surface area (Å²) in [4.78, 5) is 30.6. The van der Waals surface area contributed by atoms with Gasteiger partial charge in [-0.15, -0.1) is 0 Å². The summed E-state index contributed by atoms with van der Waals surface area (Å²) >= 11 is 0. The Morgan fingerprint density at radius 1 is 1.24 bits per heavy atom. The molecular formula is C22H24N2O5. The number of hydrogen-bond donors (Lipinski definition) is 2. The molecule has 4 fully saturated rings. The number of carbonyl (C=O) groups excluding carboxylic acids is 2. The number of carbonyl (C=O) groups is 2. The van der Waals surface area contributed by atoms with Crippen LogP contribution in [0.1, 0.15) is 24.8 Å². The van der Waals surface area contributed by atoms with Gasteiger partial charge in [-0.2, -0.15) is 0 Å². The quantitative estimate of drug-likeness (QED) is 0.635. The summed E-state index contributed by atoms with van der Waals surface area (Å²) in [6.07, 6.45) is 1.78. The molecule has 7 nitrogen and oxygen atoms in total. The molecule has 29 heavy (non-hydrogen) atoms. The molecule has 1 spiro atoms. The average Bonchev–Trinajstić information content (AvgIpc) is 2.91. The van der Waals surface area contributed by atoms with Crippen LogP contribution < -0.4 is 4.90 Å². The lowest BCUT2D eigenvalue weighted by Crippen LogP contribution is -2.66. The van der Waals surface area contributed by atoms with Gasteiger partial charge in [0, 0.05) is 25.3 Å². The third kappa shape index (κ3) is 2.03. The first-order valence-electron chi connectivity index (χ1n) is 10.3. The van der Waals surface area contributed by atoms with Crippen LogP contribution in [0.4, 0.5) is 5.69 Å². The van der Waals surface area contributed by atoms with Gasteiger partial charge in [-0.1, -0.05) is 23.8 Å². The number of aromatic hydroxyl groups is 1. The molecule has 3 saturated heterocycles. The van der Waals surface area contributed by atoms with Gasteiger partial charge in [0.15, 0.2) is 0 Å². The minimum Gasteiger partial charge on any atom is -0.506 e. The SMILES string of the molecule is CN1CC2=CCO[C@H]3CC(=O)N4c5c(O)cccc5[C@]5(C[C@@H]1O)C(=O)C[C@@H]2[C@@H]3[C@H]45. The van der Waals surface area contributed by atoms with E-state index in [1.807, 2.05) is 24.1 Å². The molecule has 0 radical (unpaired) electrons. The van der Waals surface area contributed by atoms with Crippen molar-refractivity contribution in [2.75, 3.05) is 25.1 Å². The molecule has 7 rings (SSSR count). The lowest BCUT2D eigenvalue weighted by atomic mass is 9.55. The fraction of sp³-hybridized carbons (Fsp3) is 0.545. The zero-order chi connectivity index (χ0) is 20.1. The molecular weight excluding hydrogens is 372 g/mol. The summed E-state index contributed by atoms with van der Waals surface area (Å²) in [6.45, 7) is 0.992. The third-order valence-corrected chi connectivity index (χ3v) is 7.90. The first-order valence-corrected chi connectivity index (χ1v) is 10.3. The number of Topliss-reactive ketones (excluding diaryl/α,β-unsaturated/α-hetero) is 1. The van der Waals surface area contributed by atoms with Gasteiger partial charge < -0.3 is 19.8 Å². The minimum absolute atomic E-state index is 0.0117. The molecule has 2 N–H and O–H groups in total. The van der Waals surface area contributed by atoms with E-state index < -0.39 is 17.7 Å². The maximum Gasteiger partial charge on any atom is 0.230 e. The Balaban J connectivity index is 1.69. The van der Waals surface area contributed by atoms with Crippen LogP contribution in [0.2, 0.25) is 0 Å². The molecule has 5 heterocycles. The summed E-state index contributed by atoms with van der Waals surface area (Å²) in [5.74, 6) is -0.121. The average molecular weight is 396 g/mol. The fourth-order valence-corrected chi connectivity index (χ4v) is 6.71. The molecule has 1 saturated carbocycles. The predicted octanol–water partition coefficient (Wildman–Crippen LogP) is 0.933. The van der Waals surface area contributed by atoms with Gasteiger partial charge >= 0.3 is 0 Å². The lowest BCUT2D eigenvalue weighted by Gasteiger charge is -2.53. The summed E-state index contributed by atoms with van der Waals surface area (Å²) in [5, 5.41) is 21.8. The number of ketones is 1. The number of phenols is 1. The fourth-order valence-electron chi connectivity index (χ4n) is 6.71. The van der Waals surface area contributed by atoms with Crippen LogP contribution in [0.5, 0.6) is 5.75 Å². The first-order chi connectivity index (χ1) is 13.9. The number of aliphatic hydroxyl groups excluding tert-OH is 1. The molecule has 6 atom stereocenters. The van der Waals surface area contributed by atoms with Crippen molar-refractivity contribution in [1.82, 2.24) is 4.90 Å². The Labute approximate surface area is 168 Å². The van der Waals surface area contributed by atoms with Crippen LogP contribution in [-0.2, 0) is 19.7 Å². The maximum atomic E-state index is 13.8. The van der Waals surface area contributed by atoms with Crippen molar-refractivity contribution < 1.29 is 24.5 Å². The molecule has 5 aliphatic heterocycles. The van der Waals surface area contributed by atoms with Crippen molar-refractivity contribution in [3.63, 3.8) is 0 Å². The molecule has 152 valence electrons. The van der Waals surface area contributed by atoms with E-state index in [9.17, 15) is 19.8 Å². The van der Waals surface area contributed by atoms with E-state index in [1.54, 1.807) is 17.0 Å². The Morgan fingerprint density at radius 2 is 2.07 bits per heavy atom. The van der Waals surface area contributed by atoms with Gasteiger partial charge in [0.05, 0.1) is 36.3 Å². The number of rotatable bonds is 0. The van der Waals surface area contributed by atoms with Crippen LogP contribution in [0.25, 0.3) is 0 Å². The standard InChI is InChI=1S/C22H24N2O5/c1-23-10-11-5-6-29-15-8-17(27)24-20-13(3-2-4-14(20)25)22(9-18(23)28)16(26)7-12(11)19(15)21(22)24/h2-5,12,15,18-19,21,25,28H,6-10H2,1H3/t12-,15-,18-,19-,21-,22+/m0/s1. The Hall–Kier alpha value is -2.22. The van der Waals surface area contributed by atoms with Crippen LogP contribution in [0.15, 0.2) is 29.8 Å². The predicted molar refractivity (Wildman–Crippen MR) is 103 cm³/mol. The van der Waals surface area contributed by atoms with Crippen molar-refractivity contribution in [2.24, 2.45) is 11.8 Å². The minimum atomic E-state index is -1.03. The van der Waals surface area contributed by atoms with E-state index in [1.165, 1.54) is 0 Å². The van der Waals surface area contributed by atoms with E-state index in [-0.39, 0.29) is 48.2 Å². The number of para-hydroxylation sites is 1. The number of hydrogen-bond acceptors (Lipinski definition) is 6. The van der Waals surface area contributed by atoms with Gasteiger partial charge in [-0.05, 0) is 24.6 Å². The number of benzene rings is 1. The zero-order valence-corrected chi connectivity index (χ0v) is 16.2. The smallest absolute Gasteiger partial charge is 0.230 e. The Bertz CT molecular complexity index is 974. The van der Waals surface area contributed by atoms with Gasteiger partial charge in [0.1, 0.15) is 17.8 Å². The highest BCUT2D eigenvalue weighted by molar-refractivity contribution is 6.07. The van der Waals surface area contributed by atoms with E-state index >= 15 is 0 Å². The van der Waals surface area contributed by atoms with Crippen molar-refractivity contribution in [3.05, 3.63) is 35.4 Å². The summed E-state index contributed by atoms with van der Waals surface area (Å²) in [5.41, 5.74) is 1.20. The van der Waals surface area contributed by atoms with Crippen molar-refractivity contribution in [2.45, 2.75) is 43.1 Å². The molecule has 1 aromatic carbocycles. The molecule has 4 bridgehead atoms. The molecule has 1 aliphatic carbocycles. The van der Waals surface area contributed by atoms with Crippen LogP contribution in [0.3, 0.4) is 0 Å². The van der Waals surface area contributed by atoms with Gasteiger partial charge in [-0.3, -0.25) is 14.5 Å². The highest BCUT2D eigenvalue weighted by Gasteiger charge is 2.68. The number of likely N-dealkylation sites (N-methyl/N-ethyl adjacent to an activating group) is 1. The van der Waals surface area contributed by atoms with Crippen molar-refractivity contribution in [3.8, 4) is 5.75 Å². The number of phenolic OH excluding ortho intramolecular Hbond substituents is 1. The summed E-state index contributed by atoms with van der Waals surface area (Å²) in [6, 6.07) is 4.69. The summed E-state index contributed by atoms with van der Waals surface area (Å²) < 4.78 is 6.13. The normalized spacial score (nSPS) is 40.7. The van der Waals surface area contributed by atoms with Crippen LogP contribution >= 0.6 is 0 Å². The Kier molecular flexibility index (Phi) is 3.45. The number of piperidine rings is 1. The van der Waals surface area contributed by atoms with E-state index in [2.05, 4.69) is 0 Å². The largest absolute Gasteiger partial charge is 0.506 e. The van der Waals surface area contributed by atoms with Crippen LogP contribution in [0, 0.1) is 11.8 Å². The molecule has 1 amide bonds. The highest BCUT2D eigenvalue weighted by Crippen LogP contribution is 2.62. The maximum absolute atomic E-state index is 13.8. The van der Waals surface area contributed by atoms with E-state index in [0.29, 0.717) is 30.8 Å². The third-order valence-electron chi connectivity index (χ3n) is 7.90. The van der Waals surface area contributed by atoms with Gasteiger partial charge in [0.2, 0.25) is 5.91 Å². The molecule has 0 aromatic heterocycles. The second kappa shape index (κ2) is 5.68. The highest BCUT2D eigenvalue weighted by atomic mass is 16.5. The lowest BCUT2D eigenvalue weighted by molar-refractivity contribution is -0.142. The Morgan fingerprint density at radius 3 is 2.90 bits per heavy atom. The van der Waals surface area contributed by atoms with E-state index in [4.69, 9.17) is 4.74 Å². The number of aliphatic hydroxyl groups is 1. The number of nitrogens with zero attached hydrogens (tertiary/aromatic N) is 2. The van der Waals surface area contributed by atoms with Gasteiger partial charge in [0.25, 0.3) is 0 Å². The van der Waals surface area contributed by atoms with Crippen molar-refractivity contribution >= 4 is 17.4 Å². The molecule has 0 unspecified atom stereocenters. The molecule has 6 aliphatic rings. The zero-order valence-electron chi connectivity index (χ0n) is 16.2. The number of ether oxygens (including phenoxy) is 1. The first kappa shape index (κ1) is 17.6. The second-order valence-corrected chi connectivity index (χ2v) is 9.12. The summed E-state index contributed by atoms with van der Waals surface area (Å²) in [7, 11) is 1.87. The number of fused-ring (bicyclic) bond motifs is 6. The van der Waals surface area contributed by atoms with Crippen molar-refractivity contribution in [1.29, 1.82) is 0 Å². The number of anilines is 1.